The maximum atomic E-state index is 7.75. The lowest BCUT2D eigenvalue weighted by molar-refractivity contribution is 0.0441. The van der Waals surface area contributed by atoms with Crippen LogP contribution in [0.3, 0.4) is 0 Å². The molecule has 0 heterocycles. The van der Waals surface area contributed by atoms with E-state index in [9.17, 15) is 0 Å². The van der Waals surface area contributed by atoms with Gasteiger partial charge in [-0.15, -0.1) is 0 Å². The van der Waals surface area contributed by atoms with Gasteiger partial charge in [0, 0.05) is 0 Å². The monoisotopic (exact) mass is 468 g/mol. The van der Waals surface area contributed by atoms with Gasteiger partial charge >= 0.3 is 0 Å². The Morgan fingerprint density at radius 2 is 1.15 bits per heavy atom. The van der Waals surface area contributed by atoms with Crippen molar-refractivity contribution in [1.82, 2.24) is 0 Å². The SMILES string of the molecule is [B]C1(C2C(C(CCCC)CCCCC)CCCCCC3CCCCCCCC32)CCCCCC1. The summed E-state index contributed by atoms with van der Waals surface area (Å²) in [5.41, 5.74) is 0. The number of rotatable bonds is 9. The molecule has 5 atom stereocenters. The summed E-state index contributed by atoms with van der Waals surface area (Å²) >= 11 is 0. The summed E-state index contributed by atoms with van der Waals surface area (Å²) in [6.07, 6.45) is 36.2. The van der Waals surface area contributed by atoms with Gasteiger partial charge < -0.3 is 0 Å². The molecule has 0 N–H and O–H groups in total. The van der Waals surface area contributed by atoms with Crippen LogP contribution < -0.4 is 0 Å². The minimum Gasteiger partial charge on any atom is -0.0654 e. The molecule has 0 aromatic carbocycles. The van der Waals surface area contributed by atoms with Crippen LogP contribution in [-0.2, 0) is 0 Å². The Labute approximate surface area is 217 Å². The van der Waals surface area contributed by atoms with Gasteiger partial charge in [0.05, 0.1) is 7.85 Å². The van der Waals surface area contributed by atoms with Gasteiger partial charge in [0.1, 0.15) is 0 Å². The van der Waals surface area contributed by atoms with Crippen molar-refractivity contribution in [3.63, 3.8) is 0 Å². The fourth-order valence-electron chi connectivity index (χ4n) is 8.86. The molecule has 5 unspecified atom stereocenters. The Morgan fingerprint density at radius 1 is 0.618 bits per heavy atom. The second-order valence-electron chi connectivity index (χ2n) is 13.1. The molecule has 34 heavy (non-hydrogen) atoms. The quantitative estimate of drug-likeness (QED) is 0.179. The Balaban J connectivity index is 1.99. The van der Waals surface area contributed by atoms with Crippen LogP contribution in [0, 0.1) is 29.6 Å². The first-order chi connectivity index (χ1) is 16.7. The highest BCUT2D eigenvalue weighted by Gasteiger charge is 2.46. The Morgan fingerprint density at radius 3 is 1.82 bits per heavy atom. The Bertz CT molecular complexity index is 503. The molecule has 0 aromatic heterocycles. The zero-order chi connectivity index (χ0) is 24.1. The highest BCUT2D eigenvalue weighted by atomic mass is 14.5. The summed E-state index contributed by atoms with van der Waals surface area (Å²) in [6.45, 7) is 4.79. The third-order valence-electron chi connectivity index (χ3n) is 10.7. The third kappa shape index (κ3) is 8.58. The molecule has 3 rings (SSSR count). The van der Waals surface area contributed by atoms with E-state index in [-0.39, 0.29) is 5.31 Å². The molecule has 2 radical (unpaired) electrons. The van der Waals surface area contributed by atoms with Gasteiger partial charge in [0.25, 0.3) is 0 Å². The molecule has 3 fully saturated rings. The van der Waals surface area contributed by atoms with E-state index in [0.717, 1.165) is 29.6 Å². The predicted molar refractivity (Wildman–Crippen MR) is 153 cm³/mol. The summed E-state index contributed by atoms with van der Waals surface area (Å²) in [4.78, 5) is 0. The van der Waals surface area contributed by atoms with Crippen molar-refractivity contribution < 1.29 is 0 Å². The molecule has 3 saturated carbocycles. The molecule has 0 spiro atoms. The molecule has 3 aliphatic rings. The Hall–Kier alpha value is 0.0649. The van der Waals surface area contributed by atoms with Crippen molar-refractivity contribution in [2.75, 3.05) is 0 Å². The van der Waals surface area contributed by atoms with E-state index in [4.69, 9.17) is 7.85 Å². The standard InChI is InChI=1S/C33H61B/c1-3-5-13-21-28(20-6-4-2)30-25-17-12-15-23-29-22-14-8-7-9-16-24-31(29)32(30)33(34)26-18-10-11-19-27-33/h28-32H,3-27H2,1-2H3. The molecule has 0 saturated heterocycles. The van der Waals surface area contributed by atoms with Crippen molar-refractivity contribution >= 4 is 7.85 Å². The van der Waals surface area contributed by atoms with E-state index in [1.807, 2.05) is 0 Å². The molecule has 1 heteroatoms. The van der Waals surface area contributed by atoms with Crippen LogP contribution in [0.15, 0.2) is 0 Å². The number of unbranched alkanes of at least 4 members (excludes halogenated alkanes) is 3. The molecule has 0 nitrogen and oxygen atoms in total. The first-order valence-electron chi connectivity index (χ1n) is 16.5. The van der Waals surface area contributed by atoms with Gasteiger partial charge in [-0.1, -0.05) is 167 Å². The molecule has 0 amide bonds. The van der Waals surface area contributed by atoms with E-state index in [0.29, 0.717) is 0 Å². The average molecular weight is 469 g/mol. The van der Waals surface area contributed by atoms with E-state index in [1.54, 1.807) is 0 Å². The normalized spacial score (nSPS) is 32.5. The summed E-state index contributed by atoms with van der Waals surface area (Å²) < 4.78 is 0. The van der Waals surface area contributed by atoms with Crippen molar-refractivity contribution in [2.45, 2.75) is 180 Å². The van der Waals surface area contributed by atoms with E-state index < -0.39 is 0 Å². The van der Waals surface area contributed by atoms with Crippen LogP contribution in [0.25, 0.3) is 0 Å². The molecular formula is C33H61B. The summed E-state index contributed by atoms with van der Waals surface area (Å²) in [5.74, 6) is 4.52. The minimum atomic E-state index is 0.123. The zero-order valence-electron chi connectivity index (χ0n) is 23.6. The van der Waals surface area contributed by atoms with Crippen LogP contribution in [0.1, 0.15) is 174 Å². The number of hydrogen-bond donors (Lipinski definition) is 0. The van der Waals surface area contributed by atoms with Crippen LogP contribution >= 0.6 is 0 Å². The fourth-order valence-corrected chi connectivity index (χ4v) is 8.86. The van der Waals surface area contributed by atoms with Crippen LogP contribution in [0.2, 0.25) is 5.31 Å². The van der Waals surface area contributed by atoms with Gasteiger partial charge in [0.2, 0.25) is 0 Å². The van der Waals surface area contributed by atoms with E-state index in [1.165, 1.54) is 161 Å². The van der Waals surface area contributed by atoms with Crippen LogP contribution in [0.4, 0.5) is 0 Å². The van der Waals surface area contributed by atoms with Gasteiger partial charge in [-0.3, -0.25) is 0 Å². The summed E-state index contributed by atoms with van der Waals surface area (Å²) in [5, 5.41) is 0.123. The van der Waals surface area contributed by atoms with Crippen molar-refractivity contribution in [1.29, 1.82) is 0 Å². The highest BCUT2D eigenvalue weighted by Crippen LogP contribution is 2.58. The van der Waals surface area contributed by atoms with Gasteiger partial charge in [0.15, 0.2) is 0 Å². The lowest BCUT2D eigenvalue weighted by Crippen LogP contribution is -2.41. The average Bonchev–Trinajstić information content (AvgIpc) is 2.93. The predicted octanol–water partition coefficient (Wildman–Crippen LogP) is 11.2. The molecule has 0 aliphatic heterocycles. The molecule has 0 bridgehead atoms. The molecular weight excluding hydrogens is 407 g/mol. The van der Waals surface area contributed by atoms with Crippen molar-refractivity contribution in [2.24, 2.45) is 29.6 Å². The van der Waals surface area contributed by atoms with Gasteiger partial charge in [-0.2, -0.15) is 0 Å². The highest BCUT2D eigenvalue weighted by molar-refractivity contribution is 6.15. The fraction of sp³-hybridized carbons (Fsp3) is 1.00. The van der Waals surface area contributed by atoms with Crippen molar-refractivity contribution in [3.05, 3.63) is 0 Å². The molecule has 196 valence electrons. The first kappa shape index (κ1) is 28.6. The number of fused-ring (bicyclic) bond motifs is 1. The molecule has 3 aliphatic carbocycles. The van der Waals surface area contributed by atoms with Gasteiger partial charge in [-0.25, -0.2) is 0 Å². The van der Waals surface area contributed by atoms with Crippen LogP contribution in [0.5, 0.6) is 0 Å². The minimum absolute atomic E-state index is 0.123. The molecule has 0 aromatic rings. The lowest BCUT2D eigenvalue weighted by atomic mass is 9.46. The topological polar surface area (TPSA) is 0 Å². The lowest BCUT2D eigenvalue weighted by Gasteiger charge is -2.51. The van der Waals surface area contributed by atoms with Crippen LogP contribution in [-0.4, -0.2) is 7.85 Å². The second kappa shape index (κ2) is 16.0. The largest absolute Gasteiger partial charge is 0.0750 e. The second-order valence-corrected chi connectivity index (χ2v) is 13.1. The third-order valence-corrected chi connectivity index (χ3v) is 10.7. The summed E-state index contributed by atoms with van der Waals surface area (Å²) in [6, 6.07) is 0. The van der Waals surface area contributed by atoms with Crippen molar-refractivity contribution in [3.8, 4) is 0 Å². The van der Waals surface area contributed by atoms with E-state index in [2.05, 4.69) is 13.8 Å². The maximum absolute atomic E-state index is 7.75. The van der Waals surface area contributed by atoms with E-state index >= 15 is 0 Å². The zero-order valence-corrected chi connectivity index (χ0v) is 23.6. The smallest absolute Gasteiger partial charge is 0.0654 e. The Kier molecular flexibility index (Phi) is 13.5. The number of hydrogen-bond acceptors (Lipinski definition) is 0. The van der Waals surface area contributed by atoms with Gasteiger partial charge in [-0.05, 0) is 42.4 Å². The summed E-state index contributed by atoms with van der Waals surface area (Å²) in [7, 11) is 7.75. The maximum Gasteiger partial charge on any atom is 0.0750 e. The first-order valence-corrected chi connectivity index (χ1v) is 16.5.